The predicted octanol–water partition coefficient (Wildman–Crippen LogP) is 5.76. The largest absolute Gasteiger partial charge is 0.381 e. The molecule has 1 fully saturated rings. The summed E-state index contributed by atoms with van der Waals surface area (Å²) in [6.07, 6.45) is 10.1. The molecule has 0 unspecified atom stereocenters. The molecule has 1 aliphatic heterocycles. The van der Waals surface area contributed by atoms with Crippen LogP contribution < -0.4 is 10.6 Å². The van der Waals surface area contributed by atoms with Crippen LogP contribution in [0.25, 0.3) is 33.2 Å². The zero-order chi connectivity index (χ0) is 35.8. The maximum Gasteiger partial charge on any atom is 0.269 e. The summed E-state index contributed by atoms with van der Waals surface area (Å²) < 4.78 is 11.7. The second-order valence-corrected chi connectivity index (χ2v) is 13.6. The lowest BCUT2D eigenvalue weighted by Crippen LogP contribution is -2.24. The van der Waals surface area contributed by atoms with Gasteiger partial charge in [0.05, 0.1) is 43.0 Å². The van der Waals surface area contributed by atoms with E-state index in [1.165, 1.54) is 16.6 Å². The lowest BCUT2D eigenvalue weighted by molar-refractivity contribution is 0.0838. The van der Waals surface area contributed by atoms with Crippen LogP contribution in [0.2, 0.25) is 0 Å². The Morgan fingerprint density at radius 1 is 0.865 bits per heavy atom. The quantitative estimate of drug-likeness (QED) is 0.167. The van der Waals surface area contributed by atoms with Crippen LogP contribution in [0.1, 0.15) is 67.7 Å². The molecule has 1 aliphatic rings. The fourth-order valence-electron chi connectivity index (χ4n) is 7.52. The van der Waals surface area contributed by atoms with Crippen molar-refractivity contribution in [3.63, 3.8) is 0 Å². The summed E-state index contributed by atoms with van der Waals surface area (Å²) in [5.41, 5.74) is 10.7. The number of H-pyrrole nitrogens is 1. The Morgan fingerprint density at radius 2 is 1.52 bits per heavy atom. The van der Waals surface area contributed by atoms with Crippen molar-refractivity contribution in [2.75, 3.05) is 13.2 Å². The van der Waals surface area contributed by atoms with E-state index in [9.17, 15) is 9.59 Å². The Kier molecular flexibility index (Phi) is 8.90. The molecule has 0 saturated carbocycles. The number of aromatic nitrogens is 7. The third kappa shape index (κ3) is 6.26. The van der Waals surface area contributed by atoms with Gasteiger partial charge in [0.1, 0.15) is 11.4 Å². The summed E-state index contributed by atoms with van der Waals surface area (Å²) in [5, 5.41) is 8.38. The highest BCUT2D eigenvalue weighted by atomic mass is 16.5. The lowest BCUT2D eigenvalue weighted by atomic mass is 9.93. The fraction of sp³-hybridized carbons (Fsp3) is 0.275. The van der Waals surface area contributed by atoms with Crippen molar-refractivity contribution in [1.82, 2.24) is 44.3 Å². The zero-order valence-electron chi connectivity index (χ0n) is 29.5. The highest BCUT2D eigenvalue weighted by Crippen LogP contribution is 2.39. The number of nitrogens with zero attached hydrogens (tertiary/aromatic N) is 6. The number of imidazole rings is 2. The van der Waals surface area contributed by atoms with Gasteiger partial charge in [-0.1, -0.05) is 18.2 Å². The van der Waals surface area contributed by atoms with E-state index < -0.39 is 0 Å². The molecule has 5 aromatic heterocycles. The molecule has 8 rings (SSSR count). The number of carbonyl (C=O) groups excluding carboxylic acids is 2. The summed E-state index contributed by atoms with van der Waals surface area (Å²) in [6, 6.07) is 18.8. The first-order valence-electron chi connectivity index (χ1n) is 17.6. The van der Waals surface area contributed by atoms with Gasteiger partial charge < -0.3 is 34.1 Å². The van der Waals surface area contributed by atoms with Gasteiger partial charge in [-0.05, 0) is 72.9 Å². The predicted molar refractivity (Wildman–Crippen MR) is 199 cm³/mol. The average Bonchev–Trinajstić information content (AvgIpc) is 3.95. The Morgan fingerprint density at radius 3 is 2.13 bits per heavy atom. The Bertz CT molecular complexity index is 2410. The number of nitrogens with one attached hydrogen (secondary N) is 3. The third-order valence-corrected chi connectivity index (χ3v) is 10.3. The van der Waals surface area contributed by atoms with Gasteiger partial charge in [-0.3, -0.25) is 14.6 Å². The number of carbonyl (C=O) groups is 2. The molecule has 264 valence electrons. The minimum absolute atomic E-state index is 0.158. The topological polar surface area (TPSA) is 137 Å². The number of amides is 2. The minimum Gasteiger partial charge on any atom is -0.381 e. The van der Waals surface area contributed by atoms with Crippen LogP contribution in [0.3, 0.4) is 0 Å². The van der Waals surface area contributed by atoms with Crippen molar-refractivity contribution < 1.29 is 14.3 Å². The smallest absolute Gasteiger partial charge is 0.269 e. The van der Waals surface area contributed by atoms with Crippen LogP contribution >= 0.6 is 0 Å². The number of rotatable bonds is 10. The van der Waals surface area contributed by atoms with E-state index in [4.69, 9.17) is 9.72 Å². The normalized spacial score (nSPS) is 13.6. The van der Waals surface area contributed by atoms with E-state index >= 15 is 0 Å². The van der Waals surface area contributed by atoms with Gasteiger partial charge in [-0.15, -0.1) is 0 Å². The fourth-order valence-corrected chi connectivity index (χ4v) is 7.52. The van der Waals surface area contributed by atoms with Crippen molar-refractivity contribution in [1.29, 1.82) is 0 Å². The third-order valence-electron chi connectivity index (χ3n) is 10.3. The van der Waals surface area contributed by atoms with Gasteiger partial charge in [0.15, 0.2) is 0 Å². The first-order valence-corrected chi connectivity index (χ1v) is 17.6. The van der Waals surface area contributed by atoms with Gasteiger partial charge >= 0.3 is 0 Å². The highest BCUT2D eigenvalue weighted by molar-refractivity contribution is 5.94. The van der Waals surface area contributed by atoms with E-state index in [1.807, 2.05) is 44.6 Å². The summed E-state index contributed by atoms with van der Waals surface area (Å²) in [5.74, 6) is 0.0138. The van der Waals surface area contributed by atoms with E-state index in [2.05, 4.69) is 67.4 Å². The Balaban J connectivity index is 1.19. The number of hydrogen-bond acceptors (Lipinski definition) is 6. The number of ether oxygens (including phenoxy) is 1. The Labute approximate surface area is 300 Å². The van der Waals surface area contributed by atoms with Crippen LogP contribution in [0.4, 0.5) is 0 Å². The van der Waals surface area contributed by atoms with Crippen molar-refractivity contribution >= 4 is 33.6 Å². The van der Waals surface area contributed by atoms with E-state index in [0.717, 1.165) is 70.6 Å². The second-order valence-electron chi connectivity index (χ2n) is 13.6. The SMILES string of the molecule is Cc1c(C2CCOCC2)n(Cc2c(-c3ccccn3)[nH]c3ccc(CNC(=O)c4cncn4C)cc23)c2ccc(CNC(=O)c3cncn3C)cc12. The van der Waals surface area contributed by atoms with E-state index in [1.54, 1.807) is 34.2 Å². The monoisotopic (exact) mass is 695 g/mol. The van der Waals surface area contributed by atoms with Crippen LogP contribution in [0.15, 0.2) is 85.8 Å². The number of aryl methyl sites for hydroxylation is 3. The summed E-state index contributed by atoms with van der Waals surface area (Å²) in [6.45, 7) is 5.09. The summed E-state index contributed by atoms with van der Waals surface area (Å²) in [4.78, 5) is 42.4. The van der Waals surface area contributed by atoms with Gasteiger partial charge in [-0.2, -0.15) is 0 Å². The molecule has 3 N–H and O–H groups in total. The lowest BCUT2D eigenvalue weighted by Gasteiger charge is -2.25. The van der Waals surface area contributed by atoms with Crippen LogP contribution in [0.5, 0.6) is 0 Å². The summed E-state index contributed by atoms with van der Waals surface area (Å²) in [7, 11) is 3.62. The van der Waals surface area contributed by atoms with Gasteiger partial charge in [0.2, 0.25) is 0 Å². The maximum absolute atomic E-state index is 12.9. The first kappa shape index (κ1) is 33.2. The first-order chi connectivity index (χ1) is 25.4. The number of aromatic amines is 1. The number of pyridine rings is 1. The molecule has 2 aromatic carbocycles. The molecular weight excluding hydrogens is 654 g/mol. The van der Waals surface area contributed by atoms with Crippen LogP contribution in [-0.2, 0) is 38.5 Å². The molecule has 6 heterocycles. The standard InChI is InChI=1S/C40H41N9O3/c1-25-29-16-27(19-45-40(51)36-21-42-24-48(36)3)8-10-34(29)49(38(25)28-11-14-52-15-12-28)22-31-30-17-26(18-44-39(50)35-20-41-23-47(35)2)7-9-32(30)46-37(31)33-6-4-5-13-43-33/h4-10,13,16-17,20-21,23-24,28,46H,11-12,14-15,18-19,22H2,1-3H3,(H,44,50)(H,45,51). The maximum atomic E-state index is 12.9. The molecule has 0 bridgehead atoms. The molecule has 1 saturated heterocycles. The molecule has 0 radical (unpaired) electrons. The van der Waals surface area contributed by atoms with Crippen molar-refractivity contribution in [3.8, 4) is 11.4 Å². The molecule has 0 aliphatic carbocycles. The molecule has 12 heteroatoms. The molecule has 52 heavy (non-hydrogen) atoms. The molecule has 12 nitrogen and oxygen atoms in total. The van der Waals surface area contributed by atoms with E-state index in [-0.39, 0.29) is 11.8 Å². The molecular formula is C40H41N9O3. The number of hydrogen-bond donors (Lipinski definition) is 3. The van der Waals surface area contributed by atoms with Gasteiger partial charge in [0, 0.05) is 85.6 Å². The Hall–Kier alpha value is -6.01. The van der Waals surface area contributed by atoms with Crippen LogP contribution in [-0.4, -0.2) is 58.7 Å². The van der Waals surface area contributed by atoms with Crippen molar-refractivity contribution in [3.05, 3.63) is 125 Å². The molecule has 0 atom stereocenters. The average molecular weight is 696 g/mol. The van der Waals surface area contributed by atoms with Gasteiger partial charge in [0.25, 0.3) is 11.8 Å². The highest BCUT2D eigenvalue weighted by Gasteiger charge is 2.26. The van der Waals surface area contributed by atoms with Crippen molar-refractivity contribution in [2.45, 2.75) is 45.3 Å². The van der Waals surface area contributed by atoms with Gasteiger partial charge in [-0.25, -0.2) is 9.97 Å². The van der Waals surface area contributed by atoms with E-state index in [0.29, 0.717) is 36.9 Å². The summed E-state index contributed by atoms with van der Waals surface area (Å²) >= 11 is 0. The molecule has 0 spiro atoms. The molecule has 7 aromatic rings. The minimum atomic E-state index is -0.171. The van der Waals surface area contributed by atoms with Crippen LogP contribution in [0, 0.1) is 6.92 Å². The molecule has 2 amide bonds. The zero-order valence-corrected chi connectivity index (χ0v) is 29.5. The number of fused-ring (bicyclic) bond motifs is 2. The number of benzene rings is 2. The second kappa shape index (κ2) is 14.0. The van der Waals surface area contributed by atoms with Crippen molar-refractivity contribution in [2.24, 2.45) is 14.1 Å².